The van der Waals surface area contributed by atoms with Crippen molar-refractivity contribution in [2.75, 3.05) is 39.3 Å². The van der Waals surface area contributed by atoms with Crippen molar-refractivity contribution in [3.05, 3.63) is 71.6 Å². The largest absolute Gasteiger partial charge is 0.343 e. The van der Waals surface area contributed by atoms with Crippen molar-refractivity contribution >= 4 is 11.8 Å². The number of piperidine rings is 1. The second kappa shape index (κ2) is 10.2. The van der Waals surface area contributed by atoms with Crippen molar-refractivity contribution in [1.82, 2.24) is 24.8 Å². The van der Waals surface area contributed by atoms with Gasteiger partial charge in [-0.1, -0.05) is 65.3 Å². The number of hydrogen-bond donors (Lipinski definition) is 0. The van der Waals surface area contributed by atoms with Crippen molar-refractivity contribution < 1.29 is 14.1 Å². The van der Waals surface area contributed by atoms with Crippen LogP contribution in [0.4, 0.5) is 0 Å². The number of amides is 2. The number of aryl methyl sites for hydroxylation is 1. The fourth-order valence-corrected chi connectivity index (χ4v) is 5.33. The molecule has 2 aliphatic heterocycles. The van der Waals surface area contributed by atoms with Crippen LogP contribution in [-0.2, 0) is 21.5 Å². The van der Waals surface area contributed by atoms with E-state index in [-0.39, 0.29) is 11.8 Å². The molecule has 0 spiro atoms. The highest BCUT2D eigenvalue weighted by atomic mass is 16.5. The third kappa shape index (κ3) is 4.91. The molecular weight excluding hydrogens is 454 g/mol. The zero-order valence-corrected chi connectivity index (χ0v) is 21.0. The fraction of sp³-hybridized carbons (Fsp3) is 0.429. The number of carbonyl (C=O) groups is 2. The second-order valence-corrected chi connectivity index (χ2v) is 9.90. The minimum atomic E-state index is -0.579. The normalized spacial score (nSPS) is 18.3. The molecule has 8 heteroatoms. The Bertz CT molecular complexity index is 1190. The molecule has 0 unspecified atom stereocenters. The van der Waals surface area contributed by atoms with E-state index in [0.717, 1.165) is 24.2 Å². The Hall–Kier alpha value is -3.52. The molecule has 8 nitrogen and oxygen atoms in total. The van der Waals surface area contributed by atoms with E-state index in [1.165, 1.54) is 5.56 Å². The third-order valence-corrected chi connectivity index (χ3v) is 7.59. The Kier molecular flexibility index (Phi) is 6.87. The summed E-state index contributed by atoms with van der Waals surface area (Å²) in [4.78, 5) is 36.5. The van der Waals surface area contributed by atoms with E-state index in [1.54, 1.807) is 6.92 Å². The van der Waals surface area contributed by atoms with Gasteiger partial charge in [-0.15, -0.1) is 0 Å². The van der Waals surface area contributed by atoms with Gasteiger partial charge in [-0.25, -0.2) is 0 Å². The molecule has 0 aliphatic carbocycles. The van der Waals surface area contributed by atoms with Gasteiger partial charge in [0.05, 0.1) is 12.0 Å². The first-order valence-electron chi connectivity index (χ1n) is 12.7. The van der Waals surface area contributed by atoms with Crippen LogP contribution in [0.2, 0.25) is 0 Å². The van der Waals surface area contributed by atoms with Crippen LogP contribution < -0.4 is 0 Å². The summed E-state index contributed by atoms with van der Waals surface area (Å²) in [5.74, 6) is 1.43. The summed E-state index contributed by atoms with van der Waals surface area (Å²) in [7, 11) is 0. The predicted molar refractivity (Wildman–Crippen MR) is 136 cm³/mol. The maximum absolute atomic E-state index is 14.0. The SMILES string of the molecule is CC(=O)N1CCC(C(=O)N2CCN(Cc3nc(-c4ccc(C)cc4)no3)CC2)(c2ccccc2)CC1. The van der Waals surface area contributed by atoms with Gasteiger partial charge in [-0.2, -0.15) is 4.98 Å². The van der Waals surface area contributed by atoms with Gasteiger partial charge in [0.2, 0.25) is 23.5 Å². The van der Waals surface area contributed by atoms with E-state index in [2.05, 4.69) is 27.2 Å². The number of carbonyl (C=O) groups excluding carboxylic acids is 2. The summed E-state index contributed by atoms with van der Waals surface area (Å²) in [6.07, 6.45) is 1.30. The van der Waals surface area contributed by atoms with Gasteiger partial charge < -0.3 is 14.3 Å². The molecule has 0 saturated carbocycles. The highest BCUT2D eigenvalue weighted by Crippen LogP contribution is 2.38. The Morgan fingerprint density at radius 2 is 1.56 bits per heavy atom. The minimum absolute atomic E-state index is 0.0734. The molecule has 2 saturated heterocycles. The standard InChI is InChI=1S/C28H33N5O3/c1-21-8-10-23(11-9-21)26-29-25(36-30-26)20-31-16-18-33(19-17-31)27(35)28(24-6-4-3-5-7-24)12-14-32(15-13-28)22(2)34/h3-11H,12-20H2,1-2H3. The highest BCUT2D eigenvalue weighted by Gasteiger charge is 2.45. The Labute approximate surface area is 211 Å². The van der Waals surface area contributed by atoms with Crippen LogP contribution in [0.1, 0.15) is 36.8 Å². The number of aromatic nitrogens is 2. The molecule has 2 aromatic carbocycles. The Morgan fingerprint density at radius 1 is 0.889 bits per heavy atom. The molecule has 5 rings (SSSR count). The van der Waals surface area contributed by atoms with Gasteiger partial charge in [0.15, 0.2) is 0 Å². The van der Waals surface area contributed by atoms with Crippen molar-refractivity contribution in [2.45, 2.75) is 38.6 Å². The molecule has 2 fully saturated rings. The monoisotopic (exact) mass is 487 g/mol. The summed E-state index contributed by atoms with van der Waals surface area (Å²) in [6.45, 7) is 8.24. The topological polar surface area (TPSA) is 82.8 Å². The van der Waals surface area contributed by atoms with Crippen LogP contribution in [0.5, 0.6) is 0 Å². The van der Waals surface area contributed by atoms with E-state index in [9.17, 15) is 9.59 Å². The Balaban J connectivity index is 1.23. The van der Waals surface area contributed by atoms with E-state index in [0.29, 0.717) is 57.3 Å². The highest BCUT2D eigenvalue weighted by molar-refractivity contribution is 5.89. The van der Waals surface area contributed by atoms with Crippen LogP contribution in [0.15, 0.2) is 59.1 Å². The zero-order valence-electron chi connectivity index (χ0n) is 21.0. The average Bonchev–Trinajstić information content (AvgIpc) is 3.38. The molecule has 0 atom stereocenters. The maximum Gasteiger partial charge on any atom is 0.241 e. The molecule has 1 aromatic heterocycles. The van der Waals surface area contributed by atoms with Crippen LogP contribution in [0, 0.1) is 6.92 Å². The van der Waals surface area contributed by atoms with Crippen molar-refractivity contribution in [1.29, 1.82) is 0 Å². The van der Waals surface area contributed by atoms with E-state index in [4.69, 9.17) is 4.52 Å². The molecule has 188 valence electrons. The molecule has 2 aliphatic rings. The van der Waals surface area contributed by atoms with Gasteiger partial charge >= 0.3 is 0 Å². The molecule has 3 heterocycles. The van der Waals surface area contributed by atoms with Crippen LogP contribution >= 0.6 is 0 Å². The van der Waals surface area contributed by atoms with Gasteiger partial charge in [0.1, 0.15) is 0 Å². The number of rotatable bonds is 5. The van der Waals surface area contributed by atoms with E-state index >= 15 is 0 Å². The lowest BCUT2D eigenvalue weighted by atomic mass is 9.71. The van der Waals surface area contributed by atoms with Crippen molar-refractivity contribution in [2.24, 2.45) is 0 Å². The molecule has 0 N–H and O–H groups in total. The summed E-state index contributed by atoms with van der Waals surface area (Å²) < 4.78 is 5.51. The number of benzene rings is 2. The van der Waals surface area contributed by atoms with Gasteiger partial charge in [0, 0.05) is 51.8 Å². The van der Waals surface area contributed by atoms with Gasteiger partial charge in [-0.3, -0.25) is 14.5 Å². The molecule has 0 bridgehead atoms. The molecule has 2 amide bonds. The molecule has 0 radical (unpaired) electrons. The quantitative estimate of drug-likeness (QED) is 0.549. The first-order chi connectivity index (χ1) is 17.4. The summed E-state index contributed by atoms with van der Waals surface area (Å²) >= 11 is 0. The number of piperazine rings is 1. The molecule has 36 heavy (non-hydrogen) atoms. The summed E-state index contributed by atoms with van der Waals surface area (Å²) in [5, 5.41) is 4.14. The summed E-state index contributed by atoms with van der Waals surface area (Å²) in [5.41, 5.74) is 2.60. The van der Waals surface area contributed by atoms with Crippen molar-refractivity contribution in [3.63, 3.8) is 0 Å². The van der Waals surface area contributed by atoms with Crippen LogP contribution in [0.3, 0.4) is 0 Å². The van der Waals surface area contributed by atoms with Crippen LogP contribution in [-0.4, -0.2) is 75.9 Å². The number of hydrogen-bond acceptors (Lipinski definition) is 6. The predicted octanol–water partition coefficient (Wildman–Crippen LogP) is 3.27. The van der Waals surface area contributed by atoms with E-state index in [1.807, 2.05) is 59.2 Å². The molecular formula is C28H33N5O3. The van der Waals surface area contributed by atoms with E-state index < -0.39 is 5.41 Å². The van der Waals surface area contributed by atoms with Crippen LogP contribution in [0.25, 0.3) is 11.4 Å². The lowest BCUT2D eigenvalue weighted by molar-refractivity contribution is -0.144. The zero-order chi connectivity index (χ0) is 25.1. The first-order valence-corrected chi connectivity index (χ1v) is 12.7. The maximum atomic E-state index is 14.0. The number of nitrogens with zero attached hydrogens (tertiary/aromatic N) is 5. The lowest BCUT2D eigenvalue weighted by Crippen LogP contribution is -2.57. The minimum Gasteiger partial charge on any atom is -0.343 e. The Morgan fingerprint density at radius 3 is 2.19 bits per heavy atom. The summed E-state index contributed by atoms with van der Waals surface area (Å²) in [6, 6.07) is 18.1. The third-order valence-electron chi connectivity index (χ3n) is 7.59. The van der Waals surface area contributed by atoms with Gasteiger partial charge in [0.25, 0.3) is 0 Å². The lowest BCUT2D eigenvalue weighted by Gasteiger charge is -2.45. The second-order valence-electron chi connectivity index (χ2n) is 9.90. The average molecular weight is 488 g/mol. The number of likely N-dealkylation sites (tertiary alicyclic amines) is 1. The van der Waals surface area contributed by atoms with Crippen molar-refractivity contribution in [3.8, 4) is 11.4 Å². The van der Waals surface area contributed by atoms with Gasteiger partial charge in [-0.05, 0) is 25.3 Å². The molecule has 3 aromatic rings. The fourth-order valence-electron chi connectivity index (χ4n) is 5.33. The smallest absolute Gasteiger partial charge is 0.241 e. The first kappa shape index (κ1) is 24.2.